The lowest BCUT2D eigenvalue weighted by molar-refractivity contribution is 0.264. The molecule has 6 heteroatoms. The largest absolute Gasteiger partial charge is 0.369 e. The van der Waals surface area contributed by atoms with Gasteiger partial charge in [0.15, 0.2) is 0 Å². The van der Waals surface area contributed by atoms with Crippen LogP contribution in [0.1, 0.15) is 25.2 Å². The van der Waals surface area contributed by atoms with Crippen molar-refractivity contribution in [3.8, 4) is 0 Å². The van der Waals surface area contributed by atoms with Gasteiger partial charge in [0.1, 0.15) is 11.6 Å². The number of thioether (sulfide) groups is 1. The predicted molar refractivity (Wildman–Crippen MR) is 86.2 cm³/mol. The number of rotatable bonds is 4. The fourth-order valence-electron chi connectivity index (χ4n) is 1.87. The normalized spacial score (nSPS) is 20.9. The van der Waals surface area contributed by atoms with Gasteiger partial charge in [-0.3, -0.25) is 4.90 Å². The second-order valence-corrected chi connectivity index (χ2v) is 6.73. The number of aromatic nitrogens is 2. The van der Waals surface area contributed by atoms with E-state index in [0.717, 1.165) is 40.5 Å². The second-order valence-electron chi connectivity index (χ2n) is 4.42. The maximum atomic E-state index is 4.70. The van der Waals surface area contributed by atoms with E-state index in [1.807, 2.05) is 18.0 Å². The van der Waals surface area contributed by atoms with Gasteiger partial charge in [-0.15, -0.1) is 0 Å². The van der Waals surface area contributed by atoms with Crippen molar-refractivity contribution in [2.75, 3.05) is 37.0 Å². The fourth-order valence-corrected chi connectivity index (χ4v) is 3.53. The number of nitrogens with one attached hydrogen (secondary N) is 1. The van der Waals surface area contributed by atoms with Crippen LogP contribution in [0.4, 0.5) is 5.82 Å². The fraction of sp³-hybridized carbons (Fsp3) is 0.667. The summed E-state index contributed by atoms with van der Waals surface area (Å²) >= 11 is 4.27. The smallest absolute Gasteiger partial charge is 0.148 e. The van der Waals surface area contributed by atoms with Gasteiger partial charge in [-0.1, -0.05) is 6.92 Å². The molecule has 0 saturated carbocycles. The molecule has 1 saturated heterocycles. The average Bonchev–Trinajstić information content (AvgIpc) is 2.39. The van der Waals surface area contributed by atoms with Crippen LogP contribution in [0.15, 0.2) is 6.20 Å². The van der Waals surface area contributed by atoms with Gasteiger partial charge in [0, 0.05) is 30.8 Å². The third-order valence-corrected chi connectivity index (χ3v) is 4.81. The Morgan fingerprint density at radius 1 is 1.61 bits per heavy atom. The summed E-state index contributed by atoms with van der Waals surface area (Å²) < 4.78 is 1.09. The van der Waals surface area contributed by atoms with Gasteiger partial charge < -0.3 is 5.32 Å². The van der Waals surface area contributed by atoms with Crippen LogP contribution in [0.5, 0.6) is 0 Å². The molecule has 2 heterocycles. The van der Waals surface area contributed by atoms with Crippen LogP contribution in [0, 0.1) is 3.57 Å². The lowest BCUT2D eigenvalue weighted by Gasteiger charge is -2.31. The molecule has 18 heavy (non-hydrogen) atoms. The molecule has 0 aliphatic carbocycles. The van der Waals surface area contributed by atoms with Crippen LogP contribution in [0.2, 0.25) is 0 Å². The second kappa shape index (κ2) is 6.91. The molecule has 1 fully saturated rings. The minimum atomic E-state index is 0.350. The quantitative estimate of drug-likeness (QED) is 0.816. The highest BCUT2D eigenvalue weighted by Gasteiger charge is 2.24. The molecule has 1 aliphatic heterocycles. The van der Waals surface area contributed by atoms with Crippen molar-refractivity contribution in [3.05, 3.63) is 15.6 Å². The van der Waals surface area contributed by atoms with Crippen molar-refractivity contribution in [2.24, 2.45) is 0 Å². The Bertz CT molecular complexity index is 402. The van der Waals surface area contributed by atoms with Crippen molar-refractivity contribution in [3.63, 3.8) is 0 Å². The average molecular weight is 378 g/mol. The van der Waals surface area contributed by atoms with Crippen LogP contribution in [0.25, 0.3) is 0 Å². The third-order valence-electron chi connectivity index (χ3n) is 3.00. The number of halogens is 1. The van der Waals surface area contributed by atoms with E-state index in [4.69, 9.17) is 4.98 Å². The minimum Gasteiger partial charge on any atom is -0.369 e. The zero-order valence-electron chi connectivity index (χ0n) is 10.8. The monoisotopic (exact) mass is 378 g/mol. The zero-order valence-corrected chi connectivity index (χ0v) is 13.8. The van der Waals surface area contributed by atoms with Gasteiger partial charge in [0.05, 0.1) is 9.61 Å². The Morgan fingerprint density at radius 2 is 2.44 bits per heavy atom. The molecule has 0 radical (unpaired) electrons. The summed E-state index contributed by atoms with van der Waals surface area (Å²) in [6.07, 6.45) is 3.03. The standard InChI is InChI=1S/C12H19IN4S/c1-3-4-14-11-9(13)7-15-12(16-11)10-8-18-6-5-17(10)2/h7,10H,3-6,8H2,1-2H3,(H,14,15,16). The molecular weight excluding hydrogens is 359 g/mol. The van der Waals surface area contributed by atoms with Gasteiger partial charge in [0.25, 0.3) is 0 Å². The first-order valence-corrected chi connectivity index (χ1v) is 8.50. The summed E-state index contributed by atoms with van der Waals surface area (Å²) in [4.78, 5) is 11.6. The number of hydrogen-bond acceptors (Lipinski definition) is 5. The molecule has 0 aromatic carbocycles. The van der Waals surface area contributed by atoms with E-state index in [2.05, 4.69) is 51.8 Å². The van der Waals surface area contributed by atoms with Gasteiger partial charge >= 0.3 is 0 Å². The highest BCUT2D eigenvalue weighted by atomic mass is 127. The lowest BCUT2D eigenvalue weighted by Crippen LogP contribution is -2.34. The Balaban J connectivity index is 2.17. The summed E-state index contributed by atoms with van der Waals surface area (Å²) in [7, 11) is 2.16. The summed E-state index contributed by atoms with van der Waals surface area (Å²) in [6.45, 7) is 4.23. The Hall–Kier alpha value is -0.0800. The predicted octanol–water partition coefficient (Wildman–Crippen LogP) is 2.62. The van der Waals surface area contributed by atoms with E-state index >= 15 is 0 Å². The molecule has 0 amide bonds. The Morgan fingerprint density at radius 3 is 3.17 bits per heavy atom. The molecule has 0 spiro atoms. The first kappa shape index (κ1) is 14.3. The molecule has 0 bridgehead atoms. The van der Waals surface area contributed by atoms with E-state index in [1.165, 1.54) is 5.75 Å². The Kier molecular flexibility index (Phi) is 5.50. The third kappa shape index (κ3) is 3.48. The van der Waals surface area contributed by atoms with Crippen molar-refractivity contribution >= 4 is 40.2 Å². The van der Waals surface area contributed by atoms with Gasteiger partial charge in [0.2, 0.25) is 0 Å². The van der Waals surface area contributed by atoms with Gasteiger partial charge in [-0.05, 0) is 36.1 Å². The van der Waals surface area contributed by atoms with Crippen LogP contribution in [0.3, 0.4) is 0 Å². The molecule has 1 aromatic rings. The van der Waals surface area contributed by atoms with E-state index in [9.17, 15) is 0 Å². The summed E-state index contributed by atoms with van der Waals surface area (Å²) in [6, 6.07) is 0.350. The number of hydrogen-bond donors (Lipinski definition) is 1. The molecule has 1 aromatic heterocycles. The maximum absolute atomic E-state index is 4.70. The van der Waals surface area contributed by atoms with E-state index < -0.39 is 0 Å². The van der Waals surface area contributed by atoms with Crippen molar-refractivity contribution in [1.29, 1.82) is 0 Å². The molecule has 1 unspecified atom stereocenters. The van der Waals surface area contributed by atoms with Gasteiger partial charge in [-0.25, -0.2) is 9.97 Å². The lowest BCUT2D eigenvalue weighted by atomic mass is 10.2. The Labute approximate surface area is 126 Å². The van der Waals surface area contributed by atoms with E-state index in [-0.39, 0.29) is 0 Å². The minimum absolute atomic E-state index is 0.350. The van der Waals surface area contributed by atoms with E-state index in [1.54, 1.807) is 0 Å². The maximum Gasteiger partial charge on any atom is 0.148 e. The topological polar surface area (TPSA) is 41.1 Å². The molecule has 2 rings (SSSR count). The number of anilines is 1. The highest BCUT2D eigenvalue weighted by Crippen LogP contribution is 2.27. The van der Waals surface area contributed by atoms with Crippen LogP contribution < -0.4 is 5.32 Å². The first-order chi connectivity index (χ1) is 8.72. The summed E-state index contributed by atoms with van der Waals surface area (Å²) in [5.74, 6) is 4.22. The molecule has 100 valence electrons. The summed E-state index contributed by atoms with van der Waals surface area (Å²) in [5, 5.41) is 3.37. The molecule has 1 N–H and O–H groups in total. The molecule has 4 nitrogen and oxygen atoms in total. The zero-order chi connectivity index (χ0) is 13.0. The molecule has 1 atom stereocenters. The van der Waals surface area contributed by atoms with Crippen molar-refractivity contribution in [2.45, 2.75) is 19.4 Å². The van der Waals surface area contributed by atoms with Crippen molar-refractivity contribution < 1.29 is 0 Å². The van der Waals surface area contributed by atoms with Crippen LogP contribution >= 0.6 is 34.4 Å². The highest BCUT2D eigenvalue weighted by molar-refractivity contribution is 14.1. The molecular formula is C12H19IN4S. The number of nitrogens with zero attached hydrogens (tertiary/aromatic N) is 3. The van der Waals surface area contributed by atoms with E-state index in [0.29, 0.717) is 6.04 Å². The van der Waals surface area contributed by atoms with Gasteiger partial charge in [-0.2, -0.15) is 11.8 Å². The van der Waals surface area contributed by atoms with Crippen LogP contribution in [-0.4, -0.2) is 46.5 Å². The summed E-state index contributed by atoms with van der Waals surface area (Å²) in [5.41, 5.74) is 0. The molecule has 1 aliphatic rings. The van der Waals surface area contributed by atoms with Crippen LogP contribution in [-0.2, 0) is 0 Å². The SMILES string of the molecule is CCCNc1nc(C2CSCCN2C)ncc1I. The van der Waals surface area contributed by atoms with Crippen molar-refractivity contribution in [1.82, 2.24) is 14.9 Å². The first-order valence-electron chi connectivity index (χ1n) is 6.26.